The Balaban J connectivity index is 1.61. The number of benzene rings is 2. The van der Waals surface area contributed by atoms with E-state index >= 15 is 0 Å². The topological polar surface area (TPSA) is 72.8 Å². The Morgan fingerprint density at radius 3 is 2.74 bits per heavy atom. The van der Waals surface area contributed by atoms with Crippen LogP contribution in [-0.4, -0.2) is 51.0 Å². The van der Waals surface area contributed by atoms with Crippen molar-refractivity contribution >= 4 is 33.1 Å². The monoisotopic (exact) mass is 460 g/mol. The lowest BCUT2D eigenvalue weighted by Gasteiger charge is -2.16. The summed E-state index contributed by atoms with van der Waals surface area (Å²) < 4.78 is 36.2. The van der Waals surface area contributed by atoms with Crippen LogP contribution in [0.3, 0.4) is 0 Å². The number of allylic oxidation sites excluding steroid dienone is 1. The number of aromatic hydroxyl groups is 1. The van der Waals surface area contributed by atoms with E-state index in [0.717, 1.165) is 27.8 Å². The Bertz CT molecular complexity index is 1120. The largest absolute Gasteiger partial charge is 0.508 e. The predicted octanol–water partition coefficient (Wildman–Crippen LogP) is 4.51. The molecule has 2 aliphatic heterocycles. The molecule has 0 saturated carbocycles. The average Bonchev–Trinajstić information content (AvgIpc) is 3.27. The molecule has 31 heavy (non-hydrogen) atoms. The predicted molar refractivity (Wildman–Crippen MR) is 123 cm³/mol. The molecule has 1 N–H and O–H groups in total. The lowest BCUT2D eigenvalue weighted by molar-refractivity contribution is 0.118. The second-order valence-electron chi connectivity index (χ2n) is 7.89. The number of methoxy groups -OCH3 is 1. The Labute approximate surface area is 187 Å². The molecule has 2 aromatic carbocycles. The van der Waals surface area contributed by atoms with Gasteiger partial charge in [0.1, 0.15) is 11.0 Å². The first-order chi connectivity index (χ1) is 14.9. The molecule has 1 fully saturated rings. The molecule has 1 saturated heterocycles. The molecule has 2 aromatic rings. The lowest BCUT2D eigenvalue weighted by atomic mass is 9.93. The van der Waals surface area contributed by atoms with E-state index in [1.54, 1.807) is 19.2 Å². The first-order valence-corrected chi connectivity index (χ1v) is 12.3. The van der Waals surface area contributed by atoms with E-state index in [1.807, 2.05) is 36.4 Å². The molecule has 2 atom stereocenters. The van der Waals surface area contributed by atoms with Gasteiger partial charge in [-0.2, -0.15) is 0 Å². The zero-order chi connectivity index (χ0) is 22.0. The zero-order valence-corrected chi connectivity index (χ0v) is 18.8. The maximum Gasteiger partial charge on any atom is 0.163 e. The molecule has 164 valence electrons. The molecule has 0 bridgehead atoms. The smallest absolute Gasteiger partial charge is 0.163 e. The van der Waals surface area contributed by atoms with Gasteiger partial charge in [-0.05, 0) is 65.0 Å². The quantitative estimate of drug-likeness (QED) is 0.486. The van der Waals surface area contributed by atoms with Gasteiger partial charge in [-0.1, -0.05) is 41.9 Å². The van der Waals surface area contributed by atoms with Crippen molar-refractivity contribution in [1.82, 2.24) is 0 Å². The third kappa shape index (κ3) is 4.72. The van der Waals surface area contributed by atoms with Crippen LogP contribution >= 0.6 is 11.6 Å². The third-order valence-corrected chi connectivity index (χ3v) is 8.15. The van der Waals surface area contributed by atoms with Crippen LogP contribution in [0.1, 0.15) is 24.0 Å². The highest BCUT2D eigenvalue weighted by Crippen LogP contribution is 2.39. The highest BCUT2D eigenvalue weighted by Gasteiger charge is 2.46. The van der Waals surface area contributed by atoms with Crippen molar-refractivity contribution in [1.29, 1.82) is 0 Å². The second kappa shape index (κ2) is 9.17. The van der Waals surface area contributed by atoms with Gasteiger partial charge in [0.05, 0.1) is 30.1 Å². The molecule has 4 rings (SSSR count). The molecule has 7 heteroatoms. The van der Waals surface area contributed by atoms with Gasteiger partial charge in [0.25, 0.3) is 0 Å². The van der Waals surface area contributed by atoms with Crippen LogP contribution in [0.25, 0.3) is 11.6 Å². The number of rotatable bonds is 7. The van der Waals surface area contributed by atoms with Crippen LogP contribution in [0, 0.1) is 0 Å². The van der Waals surface area contributed by atoms with Crippen molar-refractivity contribution in [3.05, 3.63) is 75.8 Å². The summed E-state index contributed by atoms with van der Waals surface area (Å²) in [7, 11) is -1.63. The van der Waals surface area contributed by atoms with E-state index < -0.39 is 15.1 Å². The van der Waals surface area contributed by atoms with Gasteiger partial charge in [-0.3, -0.25) is 0 Å². The molecule has 2 heterocycles. The molecular formula is C24H25ClO5S. The third-order valence-electron chi connectivity index (χ3n) is 5.81. The van der Waals surface area contributed by atoms with Crippen molar-refractivity contribution in [2.75, 3.05) is 26.1 Å². The van der Waals surface area contributed by atoms with Gasteiger partial charge in [0.15, 0.2) is 9.84 Å². The van der Waals surface area contributed by atoms with E-state index in [-0.39, 0.29) is 24.2 Å². The van der Waals surface area contributed by atoms with Crippen LogP contribution in [-0.2, 0) is 19.3 Å². The molecule has 0 spiro atoms. The fraction of sp³-hybridized carbons (Fsp3) is 0.333. The minimum Gasteiger partial charge on any atom is -0.508 e. The summed E-state index contributed by atoms with van der Waals surface area (Å²) in [4.78, 5) is 0. The fourth-order valence-corrected chi connectivity index (χ4v) is 6.52. The maximum absolute atomic E-state index is 12.5. The van der Waals surface area contributed by atoms with Crippen LogP contribution in [0.2, 0.25) is 5.02 Å². The first kappa shape index (κ1) is 22.1. The van der Waals surface area contributed by atoms with Crippen LogP contribution in [0.5, 0.6) is 5.75 Å². The number of phenols is 1. The molecule has 0 aliphatic carbocycles. The first-order valence-electron chi connectivity index (χ1n) is 10.2. The molecule has 5 nitrogen and oxygen atoms in total. The van der Waals surface area contributed by atoms with Crippen molar-refractivity contribution in [3.63, 3.8) is 0 Å². The van der Waals surface area contributed by atoms with Gasteiger partial charge in [0, 0.05) is 7.11 Å². The second-order valence-corrected chi connectivity index (χ2v) is 10.5. The highest BCUT2D eigenvalue weighted by atomic mass is 35.5. The number of hydrogen-bond acceptors (Lipinski definition) is 5. The minimum absolute atomic E-state index is 0.0607. The standard InChI is InChI=1S/C24H25ClO5S/c1-29-13-19-15-31(27,28)23-14-30-22(24(19)23)10-8-17(16-5-3-2-4-6-16)11-18-7-9-20(26)12-21(18)25/h2-7,9,11-12,22-23,26H,8,10,13-15H2,1H3/b17-11-/t22-,23+/m1/s1. The van der Waals surface area contributed by atoms with Gasteiger partial charge < -0.3 is 14.6 Å². The van der Waals surface area contributed by atoms with E-state index in [0.29, 0.717) is 24.5 Å². The van der Waals surface area contributed by atoms with E-state index in [2.05, 4.69) is 0 Å². The Hall–Kier alpha value is -2.12. The maximum atomic E-state index is 12.5. The van der Waals surface area contributed by atoms with Crippen LogP contribution in [0.15, 0.2) is 59.7 Å². The number of ether oxygens (including phenoxy) is 2. The molecule has 0 unspecified atom stereocenters. The number of sulfone groups is 1. The molecule has 0 radical (unpaired) electrons. The Morgan fingerprint density at radius 1 is 1.26 bits per heavy atom. The Kier molecular flexibility index (Phi) is 6.53. The van der Waals surface area contributed by atoms with Gasteiger partial charge >= 0.3 is 0 Å². The summed E-state index contributed by atoms with van der Waals surface area (Å²) in [5.41, 5.74) is 4.66. The van der Waals surface area contributed by atoms with E-state index in [1.165, 1.54) is 6.07 Å². The van der Waals surface area contributed by atoms with Crippen molar-refractivity contribution < 1.29 is 23.0 Å². The summed E-state index contributed by atoms with van der Waals surface area (Å²) in [6.45, 7) is 0.527. The van der Waals surface area contributed by atoms with Gasteiger partial charge in [-0.25, -0.2) is 8.42 Å². The SMILES string of the molecule is COCC1=C2[C@@H](CC/C(=C/c3ccc(O)cc3Cl)c3ccccc3)OC[C@@H]2S(=O)(=O)C1. The number of hydrogen-bond donors (Lipinski definition) is 1. The van der Waals surface area contributed by atoms with E-state index in [4.69, 9.17) is 21.1 Å². The van der Waals surface area contributed by atoms with E-state index in [9.17, 15) is 13.5 Å². The minimum atomic E-state index is -3.21. The Morgan fingerprint density at radius 2 is 2.03 bits per heavy atom. The van der Waals surface area contributed by atoms with Crippen LogP contribution in [0.4, 0.5) is 0 Å². The molecule has 0 aromatic heterocycles. The number of phenolic OH excluding ortho intramolecular Hbond substituents is 1. The fourth-order valence-electron chi connectivity index (χ4n) is 4.37. The summed E-state index contributed by atoms with van der Waals surface area (Å²) >= 11 is 6.33. The van der Waals surface area contributed by atoms with Gasteiger partial charge in [-0.15, -0.1) is 0 Å². The van der Waals surface area contributed by atoms with Crippen molar-refractivity contribution in [2.24, 2.45) is 0 Å². The number of halogens is 1. The molecule has 2 aliphatic rings. The zero-order valence-electron chi connectivity index (χ0n) is 17.3. The highest BCUT2D eigenvalue weighted by molar-refractivity contribution is 7.92. The number of fused-ring (bicyclic) bond motifs is 1. The van der Waals surface area contributed by atoms with Crippen molar-refractivity contribution in [2.45, 2.75) is 24.2 Å². The normalized spacial score (nSPS) is 22.7. The van der Waals surface area contributed by atoms with Crippen molar-refractivity contribution in [3.8, 4) is 5.75 Å². The molecular weight excluding hydrogens is 436 g/mol. The average molecular weight is 461 g/mol. The lowest BCUT2D eigenvalue weighted by Crippen LogP contribution is -2.19. The summed E-state index contributed by atoms with van der Waals surface area (Å²) in [6, 6.07) is 14.9. The summed E-state index contributed by atoms with van der Waals surface area (Å²) in [6.07, 6.45) is 3.11. The van der Waals surface area contributed by atoms with Crippen LogP contribution < -0.4 is 0 Å². The van der Waals surface area contributed by atoms with Gasteiger partial charge in [0.2, 0.25) is 0 Å². The summed E-state index contributed by atoms with van der Waals surface area (Å²) in [5.74, 6) is 0.180. The summed E-state index contributed by atoms with van der Waals surface area (Å²) in [5, 5.41) is 9.57. The molecule has 0 amide bonds.